The Hall–Kier alpha value is -1.07. The molecule has 1 aromatic carbocycles. The molecule has 2 N–H and O–H groups in total. The quantitative estimate of drug-likeness (QED) is 0.830. The van der Waals surface area contributed by atoms with Gasteiger partial charge in [-0.15, -0.1) is 24.8 Å². The first kappa shape index (κ1) is 22.9. The number of pyridine rings is 1. The summed E-state index contributed by atoms with van der Waals surface area (Å²) in [5.74, 6) is 0.308. The van der Waals surface area contributed by atoms with E-state index in [0.29, 0.717) is 23.2 Å². The number of carbonyl (C=O) groups is 1. The lowest BCUT2D eigenvalue weighted by Gasteiger charge is -2.21. The molecule has 0 radical (unpaired) electrons. The molecule has 1 amide bonds. The van der Waals surface area contributed by atoms with Gasteiger partial charge in [-0.05, 0) is 30.5 Å². The average molecular weight is 393 g/mol. The van der Waals surface area contributed by atoms with Gasteiger partial charge >= 0.3 is 0 Å². The van der Waals surface area contributed by atoms with Crippen LogP contribution in [0.15, 0.2) is 30.3 Å². The fourth-order valence-electron chi connectivity index (χ4n) is 2.18. The average Bonchev–Trinajstić information content (AvgIpc) is 2.50. The third-order valence-electron chi connectivity index (χ3n) is 3.87. The van der Waals surface area contributed by atoms with Gasteiger partial charge in [0.25, 0.3) is 5.91 Å². The van der Waals surface area contributed by atoms with Crippen molar-refractivity contribution in [2.45, 2.75) is 26.3 Å². The molecule has 0 aliphatic rings. The second-order valence-corrected chi connectivity index (χ2v) is 6.39. The number of nitrogens with two attached hydrogens (primary N) is 1. The van der Waals surface area contributed by atoms with Gasteiger partial charge in [0.15, 0.2) is 0 Å². The maximum Gasteiger partial charge on any atom is 0.272 e. The SMILES string of the molecule is CC(C)C(N)CCN(C)C(=O)c1ccc2ccc(Cl)cc2n1.Cl.Cl. The predicted octanol–water partition coefficient (Wildman–Crippen LogP) is 4.18. The molecule has 7 heteroatoms. The lowest BCUT2D eigenvalue weighted by atomic mass is 10.0. The van der Waals surface area contributed by atoms with Gasteiger partial charge in [0, 0.05) is 30.0 Å². The lowest BCUT2D eigenvalue weighted by molar-refractivity contribution is 0.0784. The highest BCUT2D eigenvalue weighted by Crippen LogP contribution is 2.18. The maximum atomic E-state index is 12.4. The summed E-state index contributed by atoms with van der Waals surface area (Å²) in [6, 6.07) is 9.20. The van der Waals surface area contributed by atoms with Crippen LogP contribution in [0.2, 0.25) is 5.02 Å². The summed E-state index contributed by atoms with van der Waals surface area (Å²) in [6.45, 7) is 4.79. The minimum atomic E-state index is -0.0992. The highest BCUT2D eigenvalue weighted by Gasteiger charge is 2.16. The monoisotopic (exact) mass is 391 g/mol. The number of amides is 1. The number of carbonyl (C=O) groups excluding carboxylic acids is 1. The van der Waals surface area contributed by atoms with E-state index in [4.69, 9.17) is 17.3 Å². The van der Waals surface area contributed by atoms with Crippen molar-refractivity contribution in [1.82, 2.24) is 9.88 Å². The van der Waals surface area contributed by atoms with Gasteiger partial charge in [-0.1, -0.05) is 37.6 Å². The first-order valence-electron chi connectivity index (χ1n) is 7.46. The Morgan fingerprint density at radius 2 is 1.88 bits per heavy atom. The smallest absolute Gasteiger partial charge is 0.272 e. The van der Waals surface area contributed by atoms with E-state index in [1.165, 1.54) is 0 Å². The number of halogens is 3. The minimum Gasteiger partial charge on any atom is -0.340 e. The minimum absolute atomic E-state index is 0. The molecule has 0 aliphatic carbocycles. The van der Waals surface area contributed by atoms with Crippen molar-refractivity contribution < 1.29 is 4.79 Å². The van der Waals surface area contributed by atoms with Gasteiger partial charge in [-0.25, -0.2) is 4.98 Å². The van der Waals surface area contributed by atoms with E-state index in [9.17, 15) is 4.79 Å². The number of hydrogen-bond acceptors (Lipinski definition) is 3. The molecular weight excluding hydrogens is 369 g/mol. The van der Waals surface area contributed by atoms with Crippen molar-refractivity contribution in [1.29, 1.82) is 0 Å². The number of fused-ring (bicyclic) bond motifs is 1. The van der Waals surface area contributed by atoms with Gasteiger partial charge in [-0.3, -0.25) is 4.79 Å². The molecule has 1 aromatic heterocycles. The van der Waals surface area contributed by atoms with Crippen LogP contribution in [0, 0.1) is 5.92 Å². The summed E-state index contributed by atoms with van der Waals surface area (Å²) in [7, 11) is 1.78. The van der Waals surface area contributed by atoms with Crippen LogP contribution in [0.3, 0.4) is 0 Å². The second kappa shape index (κ2) is 10.0. The van der Waals surface area contributed by atoms with Crippen molar-refractivity contribution in [3.8, 4) is 0 Å². The maximum absolute atomic E-state index is 12.4. The molecule has 1 unspecified atom stereocenters. The molecule has 0 aliphatic heterocycles. The molecule has 1 heterocycles. The molecule has 0 fully saturated rings. The van der Waals surface area contributed by atoms with E-state index >= 15 is 0 Å². The van der Waals surface area contributed by atoms with Crippen LogP contribution in [0.4, 0.5) is 0 Å². The largest absolute Gasteiger partial charge is 0.340 e. The zero-order valence-corrected chi connectivity index (χ0v) is 16.4. The van der Waals surface area contributed by atoms with E-state index in [1.54, 1.807) is 24.1 Å². The van der Waals surface area contributed by atoms with Crippen LogP contribution in [0.5, 0.6) is 0 Å². The Morgan fingerprint density at radius 3 is 2.50 bits per heavy atom. The number of rotatable bonds is 5. The molecule has 0 bridgehead atoms. The van der Waals surface area contributed by atoms with Gasteiger partial charge in [0.1, 0.15) is 5.69 Å². The number of hydrogen-bond donors (Lipinski definition) is 1. The zero-order chi connectivity index (χ0) is 16.3. The van der Waals surface area contributed by atoms with Crippen molar-refractivity contribution in [2.75, 3.05) is 13.6 Å². The zero-order valence-electron chi connectivity index (χ0n) is 14.0. The van der Waals surface area contributed by atoms with E-state index in [-0.39, 0.29) is 36.8 Å². The molecule has 134 valence electrons. The van der Waals surface area contributed by atoms with Crippen molar-refractivity contribution >= 4 is 53.2 Å². The fraction of sp³-hybridized carbons (Fsp3) is 0.412. The first-order chi connectivity index (χ1) is 10.4. The molecule has 4 nitrogen and oxygen atoms in total. The predicted molar refractivity (Wildman–Crippen MR) is 106 cm³/mol. The highest BCUT2D eigenvalue weighted by molar-refractivity contribution is 6.31. The molecule has 2 rings (SSSR count). The molecule has 1 atom stereocenters. The number of benzene rings is 1. The van der Waals surface area contributed by atoms with Crippen LogP contribution in [0.25, 0.3) is 10.9 Å². The Bertz CT molecular complexity index is 679. The molecular formula is C17H24Cl3N3O. The van der Waals surface area contributed by atoms with Gasteiger partial charge in [0.2, 0.25) is 0 Å². The van der Waals surface area contributed by atoms with E-state index in [1.807, 2.05) is 18.2 Å². The Kier molecular flexibility index (Phi) is 9.59. The fourth-order valence-corrected chi connectivity index (χ4v) is 2.35. The normalized spacial score (nSPS) is 11.6. The molecule has 24 heavy (non-hydrogen) atoms. The van der Waals surface area contributed by atoms with Crippen molar-refractivity contribution in [2.24, 2.45) is 11.7 Å². The Labute approximate surface area is 160 Å². The van der Waals surface area contributed by atoms with E-state index in [0.717, 1.165) is 17.3 Å². The standard InChI is InChI=1S/C17H22ClN3O.2ClH/c1-11(2)14(19)8-9-21(3)17(22)15-7-5-12-4-6-13(18)10-16(12)20-15;;/h4-7,10-11,14H,8-9,19H2,1-3H3;2*1H. The van der Waals surface area contributed by atoms with Gasteiger partial charge in [-0.2, -0.15) is 0 Å². The summed E-state index contributed by atoms with van der Waals surface area (Å²) in [5, 5.41) is 1.58. The van der Waals surface area contributed by atoms with E-state index < -0.39 is 0 Å². The van der Waals surface area contributed by atoms with Crippen molar-refractivity contribution in [3.63, 3.8) is 0 Å². The lowest BCUT2D eigenvalue weighted by Crippen LogP contribution is -2.35. The third-order valence-corrected chi connectivity index (χ3v) is 4.11. The van der Waals surface area contributed by atoms with Crippen LogP contribution in [-0.4, -0.2) is 35.4 Å². The summed E-state index contributed by atoms with van der Waals surface area (Å²) in [4.78, 5) is 18.5. The van der Waals surface area contributed by atoms with Gasteiger partial charge < -0.3 is 10.6 Å². The van der Waals surface area contributed by atoms with Crippen LogP contribution >= 0.6 is 36.4 Å². The first-order valence-corrected chi connectivity index (χ1v) is 7.83. The Morgan fingerprint density at radius 1 is 1.25 bits per heavy atom. The van der Waals surface area contributed by atoms with Gasteiger partial charge in [0.05, 0.1) is 5.52 Å². The van der Waals surface area contributed by atoms with Crippen LogP contribution in [0.1, 0.15) is 30.8 Å². The molecule has 0 saturated carbocycles. The van der Waals surface area contributed by atoms with Crippen LogP contribution < -0.4 is 5.73 Å². The molecule has 0 spiro atoms. The Balaban J connectivity index is 0.00000264. The van der Waals surface area contributed by atoms with Crippen LogP contribution in [-0.2, 0) is 0 Å². The van der Waals surface area contributed by atoms with Crippen molar-refractivity contribution in [3.05, 3.63) is 41.0 Å². The number of aromatic nitrogens is 1. The highest BCUT2D eigenvalue weighted by atomic mass is 35.5. The topological polar surface area (TPSA) is 59.2 Å². The third kappa shape index (κ3) is 5.78. The molecule has 0 saturated heterocycles. The summed E-state index contributed by atoms with van der Waals surface area (Å²) in [6.07, 6.45) is 0.777. The summed E-state index contributed by atoms with van der Waals surface area (Å²) in [5.41, 5.74) is 7.18. The van der Waals surface area contributed by atoms with E-state index in [2.05, 4.69) is 18.8 Å². The second-order valence-electron chi connectivity index (χ2n) is 5.96. The summed E-state index contributed by atoms with van der Waals surface area (Å²) < 4.78 is 0. The summed E-state index contributed by atoms with van der Waals surface area (Å²) >= 11 is 5.98. The number of nitrogens with zero attached hydrogens (tertiary/aromatic N) is 2. The molecule has 2 aromatic rings.